The van der Waals surface area contributed by atoms with Crippen molar-refractivity contribution in [2.45, 2.75) is 13.8 Å². The van der Waals surface area contributed by atoms with Crippen molar-refractivity contribution in [2.75, 3.05) is 54.5 Å². The molecule has 0 spiro atoms. The maximum Gasteiger partial charge on any atom is 0.243 e. The molecule has 0 bridgehead atoms. The number of rotatable bonds is 6. The minimum atomic E-state index is -0.0651. The number of ether oxygens (including phenoxy) is 1. The highest BCUT2D eigenvalue weighted by Gasteiger charge is 2.16. The molecule has 1 fully saturated rings. The van der Waals surface area contributed by atoms with E-state index in [1.165, 1.54) is 4.88 Å². The minimum Gasteiger partial charge on any atom is -0.378 e. The number of fused-ring (bicyclic) bond motifs is 1. The second-order valence-corrected chi connectivity index (χ2v) is 8.22. The standard InChI is InChI=1S/C21H25N5O2S/c1-3-25(20-18-12-15(2)29-21(18)23-14-22-20)13-19(27)24-16-4-6-17(7-5-16)26-8-10-28-11-9-26/h4-7,12,14H,3,8-11,13H2,1-2H3,(H,24,27). The number of hydrogen-bond donors (Lipinski definition) is 1. The van der Waals surface area contributed by atoms with E-state index >= 15 is 0 Å². The predicted octanol–water partition coefficient (Wildman–Crippen LogP) is 3.30. The molecule has 0 unspecified atom stereocenters. The summed E-state index contributed by atoms with van der Waals surface area (Å²) in [5.41, 5.74) is 1.94. The van der Waals surface area contributed by atoms with Crippen LogP contribution in [0.2, 0.25) is 0 Å². The molecule has 1 amide bonds. The van der Waals surface area contributed by atoms with Crippen LogP contribution in [0.15, 0.2) is 36.7 Å². The molecule has 152 valence electrons. The van der Waals surface area contributed by atoms with Gasteiger partial charge in [0, 0.05) is 35.9 Å². The Labute approximate surface area is 174 Å². The molecule has 3 heterocycles. The number of morpholine rings is 1. The van der Waals surface area contributed by atoms with Crippen LogP contribution in [0.4, 0.5) is 17.2 Å². The SMILES string of the molecule is CCN(CC(=O)Nc1ccc(N2CCOCC2)cc1)c1ncnc2sc(C)cc12. The van der Waals surface area contributed by atoms with Crippen LogP contribution in [0.25, 0.3) is 10.2 Å². The van der Waals surface area contributed by atoms with Crippen molar-refractivity contribution in [3.8, 4) is 0 Å². The molecule has 0 saturated carbocycles. The molecule has 4 rings (SSSR count). The molecule has 1 aliphatic rings. The topological polar surface area (TPSA) is 70.6 Å². The first kappa shape index (κ1) is 19.6. The maximum atomic E-state index is 12.7. The third-order valence-electron chi connectivity index (χ3n) is 4.97. The van der Waals surface area contributed by atoms with Gasteiger partial charge in [-0.05, 0) is 44.2 Å². The lowest BCUT2D eigenvalue weighted by atomic mass is 10.2. The fraction of sp³-hybridized carbons (Fsp3) is 0.381. The van der Waals surface area contributed by atoms with Gasteiger partial charge in [-0.15, -0.1) is 11.3 Å². The molecule has 7 nitrogen and oxygen atoms in total. The van der Waals surface area contributed by atoms with Crippen molar-refractivity contribution in [1.82, 2.24) is 9.97 Å². The molecular formula is C21H25N5O2S. The maximum absolute atomic E-state index is 12.7. The number of amides is 1. The van der Waals surface area contributed by atoms with Gasteiger partial charge in [0.15, 0.2) is 0 Å². The summed E-state index contributed by atoms with van der Waals surface area (Å²) in [5.74, 6) is 0.740. The van der Waals surface area contributed by atoms with Gasteiger partial charge >= 0.3 is 0 Å². The lowest BCUT2D eigenvalue weighted by Crippen LogP contribution is -2.36. The van der Waals surface area contributed by atoms with Crippen LogP contribution < -0.4 is 15.1 Å². The Kier molecular flexibility index (Phi) is 5.92. The smallest absolute Gasteiger partial charge is 0.243 e. The summed E-state index contributed by atoms with van der Waals surface area (Å²) in [6, 6.07) is 10.1. The zero-order valence-electron chi connectivity index (χ0n) is 16.7. The summed E-state index contributed by atoms with van der Waals surface area (Å²) >= 11 is 1.64. The minimum absolute atomic E-state index is 0.0651. The molecule has 0 radical (unpaired) electrons. The fourth-order valence-electron chi connectivity index (χ4n) is 3.50. The largest absolute Gasteiger partial charge is 0.378 e. The quantitative estimate of drug-likeness (QED) is 0.671. The van der Waals surface area contributed by atoms with Gasteiger partial charge in [-0.25, -0.2) is 9.97 Å². The Hall–Kier alpha value is -2.71. The number of carbonyl (C=O) groups excluding carboxylic acids is 1. The van der Waals surface area contributed by atoms with Gasteiger partial charge < -0.3 is 19.9 Å². The third kappa shape index (κ3) is 4.49. The number of likely N-dealkylation sites (N-methyl/N-ethyl adjacent to an activating group) is 1. The first-order chi connectivity index (χ1) is 14.1. The van der Waals surface area contributed by atoms with E-state index in [0.29, 0.717) is 6.54 Å². The summed E-state index contributed by atoms with van der Waals surface area (Å²) in [4.78, 5) is 27.8. The van der Waals surface area contributed by atoms with E-state index < -0.39 is 0 Å². The molecule has 29 heavy (non-hydrogen) atoms. The average molecular weight is 412 g/mol. The van der Waals surface area contributed by atoms with E-state index in [0.717, 1.165) is 53.7 Å². The van der Waals surface area contributed by atoms with Gasteiger partial charge in [0.05, 0.1) is 25.1 Å². The molecular weight excluding hydrogens is 386 g/mol. The van der Waals surface area contributed by atoms with Crippen LogP contribution in [-0.4, -0.2) is 55.3 Å². The highest BCUT2D eigenvalue weighted by atomic mass is 32.1. The Morgan fingerprint density at radius 2 is 2.00 bits per heavy atom. The average Bonchev–Trinajstić information content (AvgIpc) is 3.13. The van der Waals surface area contributed by atoms with Gasteiger partial charge in [-0.1, -0.05) is 0 Å². The molecule has 1 N–H and O–H groups in total. The Bertz CT molecular complexity index is 982. The van der Waals surface area contributed by atoms with Crippen molar-refractivity contribution in [3.63, 3.8) is 0 Å². The molecule has 0 atom stereocenters. The van der Waals surface area contributed by atoms with Crippen molar-refractivity contribution < 1.29 is 9.53 Å². The highest BCUT2D eigenvalue weighted by molar-refractivity contribution is 7.18. The molecule has 1 saturated heterocycles. The number of nitrogens with zero attached hydrogens (tertiary/aromatic N) is 4. The van der Waals surface area contributed by atoms with Crippen LogP contribution in [0.5, 0.6) is 0 Å². The van der Waals surface area contributed by atoms with Crippen molar-refractivity contribution in [3.05, 3.63) is 41.5 Å². The summed E-state index contributed by atoms with van der Waals surface area (Å²) in [6.07, 6.45) is 1.57. The predicted molar refractivity (Wildman–Crippen MR) is 118 cm³/mol. The number of thiophene rings is 1. The lowest BCUT2D eigenvalue weighted by Gasteiger charge is -2.29. The first-order valence-corrected chi connectivity index (χ1v) is 10.6. The van der Waals surface area contributed by atoms with Crippen molar-refractivity contribution in [2.24, 2.45) is 0 Å². The van der Waals surface area contributed by atoms with E-state index in [4.69, 9.17) is 4.74 Å². The summed E-state index contributed by atoms with van der Waals surface area (Å²) in [6.45, 7) is 8.31. The number of anilines is 3. The molecule has 8 heteroatoms. The summed E-state index contributed by atoms with van der Waals surface area (Å²) < 4.78 is 5.40. The van der Waals surface area contributed by atoms with E-state index in [9.17, 15) is 4.79 Å². The number of aromatic nitrogens is 2. The van der Waals surface area contributed by atoms with Crippen molar-refractivity contribution in [1.29, 1.82) is 0 Å². The molecule has 0 aliphatic carbocycles. The van der Waals surface area contributed by atoms with Gasteiger partial charge in [0.2, 0.25) is 5.91 Å². The monoisotopic (exact) mass is 411 g/mol. The zero-order valence-corrected chi connectivity index (χ0v) is 17.5. The van der Waals surface area contributed by atoms with Gasteiger partial charge in [-0.3, -0.25) is 4.79 Å². The van der Waals surface area contributed by atoms with E-state index in [-0.39, 0.29) is 12.5 Å². The highest BCUT2D eigenvalue weighted by Crippen LogP contribution is 2.29. The summed E-state index contributed by atoms with van der Waals surface area (Å²) in [5, 5.41) is 3.99. The van der Waals surface area contributed by atoms with Gasteiger partial charge in [-0.2, -0.15) is 0 Å². The third-order valence-corrected chi connectivity index (χ3v) is 5.93. The number of hydrogen-bond acceptors (Lipinski definition) is 7. The zero-order chi connectivity index (χ0) is 20.2. The molecule has 2 aromatic heterocycles. The molecule has 1 aliphatic heterocycles. The number of nitrogens with one attached hydrogen (secondary N) is 1. The van der Waals surface area contributed by atoms with Crippen molar-refractivity contribution >= 4 is 44.7 Å². The van der Waals surface area contributed by atoms with Crippen LogP contribution in [0, 0.1) is 6.92 Å². The lowest BCUT2D eigenvalue weighted by molar-refractivity contribution is -0.115. The molecule has 3 aromatic rings. The van der Waals surface area contributed by atoms with Gasteiger partial charge in [0.1, 0.15) is 17.0 Å². The molecule has 1 aromatic carbocycles. The Balaban J connectivity index is 1.42. The van der Waals surface area contributed by atoms with Crippen LogP contribution >= 0.6 is 11.3 Å². The Morgan fingerprint density at radius 3 is 2.72 bits per heavy atom. The Morgan fingerprint density at radius 1 is 1.24 bits per heavy atom. The normalized spacial score (nSPS) is 14.2. The van der Waals surface area contributed by atoms with E-state index in [2.05, 4.69) is 33.2 Å². The van der Waals surface area contributed by atoms with Crippen LogP contribution in [-0.2, 0) is 9.53 Å². The van der Waals surface area contributed by atoms with Crippen LogP contribution in [0.3, 0.4) is 0 Å². The second kappa shape index (κ2) is 8.75. The summed E-state index contributed by atoms with van der Waals surface area (Å²) in [7, 11) is 0. The number of carbonyl (C=O) groups is 1. The number of aryl methyl sites for hydroxylation is 1. The fourth-order valence-corrected chi connectivity index (χ4v) is 4.34. The first-order valence-electron chi connectivity index (χ1n) is 9.82. The number of benzene rings is 1. The van der Waals surface area contributed by atoms with Crippen LogP contribution in [0.1, 0.15) is 11.8 Å². The van der Waals surface area contributed by atoms with E-state index in [1.807, 2.05) is 36.1 Å². The second-order valence-electron chi connectivity index (χ2n) is 6.98. The van der Waals surface area contributed by atoms with Gasteiger partial charge in [0.25, 0.3) is 0 Å². The van der Waals surface area contributed by atoms with E-state index in [1.54, 1.807) is 17.7 Å².